The number of nitrogens with zero attached hydrogens (tertiary/aromatic N) is 1. The number of anilines is 1. The van der Waals surface area contributed by atoms with Gasteiger partial charge >= 0.3 is 18.0 Å². The van der Waals surface area contributed by atoms with E-state index in [0.717, 1.165) is 17.7 Å². The molecule has 0 atom stereocenters. The lowest BCUT2D eigenvalue weighted by Gasteiger charge is -2.19. The van der Waals surface area contributed by atoms with Crippen LogP contribution in [0.1, 0.15) is 37.5 Å². The van der Waals surface area contributed by atoms with Crippen LogP contribution in [-0.2, 0) is 21.2 Å². The maximum absolute atomic E-state index is 13.0. The van der Waals surface area contributed by atoms with Crippen molar-refractivity contribution in [2.75, 3.05) is 18.5 Å². The van der Waals surface area contributed by atoms with Gasteiger partial charge < -0.3 is 15.4 Å². The quantitative estimate of drug-likeness (QED) is 0.551. The van der Waals surface area contributed by atoms with E-state index in [0.29, 0.717) is 11.8 Å². The Kier molecular flexibility index (Phi) is 7.28. The lowest BCUT2D eigenvalue weighted by molar-refractivity contribution is -0.137. The highest BCUT2D eigenvalue weighted by molar-refractivity contribution is 6.39. The van der Waals surface area contributed by atoms with Crippen LogP contribution in [0, 0.1) is 11.3 Å². The van der Waals surface area contributed by atoms with Gasteiger partial charge in [-0.25, -0.2) is 0 Å². The lowest BCUT2D eigenvalue weighted by Crippen LogP contribution is -2.37. The normalized spacial score (nSPS) is 11.4. The third-order valence-electron chi connectivity index (χ3n) is 4.29. The Bertz CT molecular complexity index is 988. The standard InChI is InChI=1S/C22H22F3N3O3/c1-21(2,3)15-5-8-17(9-6-15)31-11-10-27-19(29)20(30)28-16-7-4-14(13-26)18(12-16)22(23,24)25/h4-9,12H,10-11H2,1-3H3,(H,27,29)(H,28,30). The summed E-state index contributed by atoms with van der Waals surface area (Å²) in [7, 11) is 0. The van der Waals surface area contributed by atoms with Crippen LogP contribution in [0.25, 0.3) is 0 Å². The molecule has 2 aromatic carbocycles. The van der Waals surface area contributed by atoms with Crippen molar-refractivity contribution in [3.05, 3.63) is 59.2 Å². The van der Waals surface area contributed by atoms with Crippen LogP contribution in [0.3, 0.4) is 0 Å². The molecule has 0 radical (unpaired) electrons. The van der Waals surface area contributed by atoms with Crippen LogP contribution in [0.4, 0.5) is 18.9 Å². The second-order valence-electron chi connectivity index (χ2n) is 7.70. The molecule has 0 aliphatic heterocycles. The van der Waals surface area contributed by atoms with Crippen LogP contribution < -0.4 is 15.4 Å². The molecule has 0 aliphatic carbocycles. The molecule has 2 rings (SSSR count). The SMILES string of the molecule is CC(C)(C)c1ccc(OCCNC(=O)C(=O)Nc2ccc(C#N)c(C(F)(F)F)c2)cc1. The molecule has 0 heterocycles. The van der Waals surface area contributed by atoms with Crippen molar-refractivity contribution in [2.24, 2.45) is 0 Å². The molecule has 0 aliphatic rings. The maximum Gasteiger partial charge on any atom is 0.417 e. The summed E-state index contributed by atoms with van der Waals surface area (Å²) >= 11 is 0. The summed E-state index contributed by atoms with van der Waals surface area (Å²) in [5, 5.41) is 13.2. The molecule has 2 amide bonds. The smallest absolute Gasteiger partial charge is 0.417 e. The first-order valence-corrected chi connectivity index (χ1v) is 9.35. The number of nitriles is 1. The monoisotopic (exact) mass is 433 g/mol. The number of halogens is 3. The molecule has 0 saturated carbocycles. The van der Waals surface area contributed by atoms with Crippen LogP contribution in [-0.4, -0.2) is 25.0 Å². The predicted molar refractivity (Wildman–Crippen MR) is 108 cm³/mol. The van der Waals surface area contributed by atoms with Crippen LogP contribution in [0.5, 0.6) is 5.75 Å². The second kappa shape index (κ2) is 9.51. The lowest BCUT2D eigenvalue weighted by atomic mass is 9.87. The molecule has 9 heteroatoms. The summed E-state index contributed by atoms with van der Waals surface area (Å²) < 4.78 is 44.4. The zero-order valence-electron chi connectivity index (χ0n) is 17.3. The summed E-state index contributed by atoms with van der Waals surface area (Å²) in [5.41, 5.74) is -0.875. The molecular weight excluding hydrogens is 411 g/mol. The highest BCUT2D eigenvalue weighted by Gasteiger charge is 2.34. The Morgan fingerprint density at radius 3 is 2.23 bits per heavy atom. The highest BCUT2D eigenvalue weighted by Crippen LogP contribution is 2.33. The molecule has 0 fully saturated rings. The molecular formula is C22H22F3N3O3. The Balaban J connectivity index is 1.85. The number of rotatable bonds is 5. The Morgan fingerprint density at radius 2 is 1.68 bits per heavy atom. The second-order valence-corrected chi connectivity index (χ2v) is 7.70. The first-order chi connectivity index (χ1) is 14.4. The van der Waals surface area contributed by atoms with Crippen molar-refractivity contribution in [1.82, 2.24) is 5.32 Å². The number of amides is 2. The zero-order chi connectivity index (χ0) is 23.2. The van der Waals surface area contributed by atoms with Gasteiger partial charge in [-0.05, 0) is 41.3 Å². The van der Waals surface area contributed by atoms with E-state index in [1.807, 2.05) is 12.1 Å². The van der Waals surface area contributed by atoms with Gasteiger partial charge in [0.15, 0.2) is 0 Å². The molecule has 164 valence electrons. The molecule has 6 nitrogen and oxygen atoms in total. The Hall–Kier alpha value is -3.54. The van der Waals surface area contributed by atoms with E-state index in [2.05, 4.69) is 31.4 Å². The number of nitrogens with one attached hydrogen (secondary N) is 2. The van der Waals surface area contributed by atoms with Crippen molar-refractivity contribution in [3.63, 3.8) is 0 Å². The third kappa shape index (κ3) is 6.74. The summed E-state index contributed by atoms with van der Waals surface area (Å²) in [6, 6.07) is 11.6. The molecule has 0 saturated heterocycles. The number of hydrogen-bond acceptors (Lipinski definition) is 4. The van der Waals surface area contributed by atoms with E-state index in [9.17, 15) is 22.8 Å². The molecule has 2 aromatic rings. The van der Waals surface area contributed by atoms with E-state index in [1.165, 1.54) is 6.07 Å². The van der Waals surface area contributed by atoms with Crippen molar-refractivity contribution in [1.29, 1.82) is 5.26 Å². The Labute approximate surface area is 178 Å². The Morgan fingerprint density at radius 1 is 1.03 bits per heavy atom. The topological polar surface area (TPSA) is 91.2 Å². The average molecular weight is 433 g/mol. The number of ether oxygens (including phenoxy) is 1. The van der Waals surface area contributed by atoms with E-state index in [1.54, 1.807) is 12.1 Å². The number of carbonyl (C=O) groups excluding carboxylic acids is 2. The van der Waals surface area contributed by atoms with Gasteiger partial charge in [-0.3, -0.25) is 9.59 Å². The van der Waals surface area contributed by atoms with Gasteiger partial charge in [0.2, 0.25) is 0 Å². The van der Waals surface area contributed by atoms with E-state index in [-0.39, 0.29) is 24.3 Å². The van der Waals surface area contributed by atoms with E-state index in [4.69, 9.17) is 10.00 Å². The predicted octanol–water partition coefficient (Wildman–Crippen LogP) is 4.01. The minimum Gasteiger partial charge on any atom is -0.492 e. The fraction of sp³-hybridized carbons (Fsp3) is 0.318. The molecule has 0 aromatic heterocycles. The number of carbonyl (C=O) groups is 2. The fourth-order valence-corrected chi connectivity index (χ4v) is 2.61. The molecule has 31 heavy (non-hydrogen) atoms. The van der Waals surface area contributed by atoms with Gasteiger partial charge in [0, 0.05) is 5.69 Å². The molecule has 0 spiro atoms. The van der Waals surface area contributed by atoms with E-state index >= 15 is 0 Å². The maximum atomic E-state index is 13.0. The van der Waals surface area contributed by atoms with E-state index < -0.39 is 29.1 Å². The van der Waals surface area contributed by atoms with Crippen LogP contribution in [0.2, 0.25) is 0 Å². The van der Waals surface area contributed by atoms with Crippen LogP contribution in [0.15, 0.2) is 42.5 Å². The third-order valence-corrected chi connectivity index (χ3v) is 4.29. The largest absolute Gasteiger partial charge is 0.492 e. The summed E-state index contributed by atoms with van der Waals surface area (Å²) in [6.45, 7) is 6.39. The van der Waals surface area contributed by atoms with Gasteiger partial charge in [0.05, 0.1) is 23.7 Å². The van der Waals surface area contributed by atoms with Crippen molar-refractivity contribution >= 4 is 17.5 Å². The molecule has 0 bridgehead atoms. The zero-order valence-corrected chi connectivity index (χ0v) is 17.3. The first-order valence-electron chi connectivity index (χ1n) is 9.35. The number of benzene rings is 2. The van der Waals surface area contributed by atoms with Gasteiger partial charge in [-0.1, -0.05) is 32.9 Å². The summed E-state index contributed by atoms with van der Waals surface area (Å²) in [6.07, 6.45) is -4.77. The van der Waals surface area contributed by atoms with Crippen molar-refractivity contribution < 1.29 is 27.5 Å². The summed E-state index contributed by atoms with van der Waals surface area (Å²) in [4.78, 5) is 23.8. The fourth-order valence-electron chi connectivity index (χ4n) is 2.61. The highest BCUT2D eigenvalue weighted by atomic mass is 19.4. The minimum atomic E-state index is -4.77. The first kappa shape index (κ1) is 23.7. The molecule has 0 unspecified atom stereocenters. The van der Waals surface area contributed by atoms with Gasteiger partial charge in [0.1, 0.15) is 12.4 Å². The van der Waals surface area contributed by atoms with Crippen molar-refractivity contribution in [2.45, 2.75) is 32.4 Å². The van der Waals surface area contributed by atoms with Gasteiger partial charge in [0.25, 0.3) is 0 Å². The molecule has 2 N–H and O–H groups in total. The number of hydrogen-bond donors (Lipinski definition) is 2. The number of alkyl halides is 3. The van der Waals surface area contributed by atoms with Gasteiger partial charge in [-0.2, -0.15) is 18.4 Å². The van der Waals surface area contributed by atoms with Gasteiger partial charge in [-0.15, -0.1) is 0 Å². The minimum absolute atomic E-state index is 0.00958. The average Bonchev–Trinajstić information content (AvgIpc) is 2.70. The van der Waals surface area contributed by atoms with Crippen molar-refractivity contribution in [3.8, 4) is 11.8 Å². The summed E-state index contributed by atoms with van der Waals surface area (Å²) in [5.74, 6) is -1.55. The van der Waals surface area contributed by atoms with Crippen LogP contribution >= 0.6 is 0 Å².